The maximum absolute atomic E-state index is 12.7. The molecule has 0 aliphatic carbocycles. The minimum absolute atomic E-state index is 0.314. The summed E-state index contributed by atoms with van der Waals surface area (Å²) >= 11 is 0. The number of carbonyl (C=O) groups excluding carboxylic acids is 1. The maximum Gasteiger partial charge on any atom is 0.275 e. The normalized spacial score (nSPS) is 11.2. The first-order valence-corrected chi connectivity index (χ1v) is 9.73. The number of aryl methyl sites for hydroxylation is 1. The first-order chi connectivity index (χ1) is 14.6. The molecule has 0 saturated carbocycles. The molecule has 1 aromatic heterocycles. The van der Waals surface area contributed by atoms with Gasteiger partial charge in [-0.2, -0.15) is 5.10 Å². The molecule has 0 spiro atoms. The standard InChI is InChI=1S/C25H23N3O2/c1-17-13-21(18(2)28(17)22-11-5-4-6-12-22)16-26-27-25(29)23-14-19-9-7-8-10-20(19)15-24(23)30-3/h4-16H,1-3H3,(H,27,29)/b26-16+. The highest BCUT2D eigenvalue weighted by molar-refractivity contribution is 6.02. The largest absolute Gasteiger partial charge is 0.496 e. The molecule has 0 fully saturated rings. The minimum Gasteiger partial charge on any atom is -0.496 e. The van der Waals surface area contributed by atoms with Gasteiger partial charge in [-0.1, -0.05) is 42.5 Å². The van der Waals surface area contributed by atoms with Gasteiger partial charge in [0.2, 0.25) is 0 Å². The molecule has 0 aliphatic rings. The second-order valence-electron chi connectivity index (χ2n) is 7.10. The number of rotatable bonds is 5. The first-order valence-electron chi connectivity index (χ1n) is 9.73. The molecule has 0 saturated heterocycles. The fraction of sp³-hybridized carbons (Fsp3) is 0.120. The molecule has 4 aromatic rings. The van der Waals surface area contributed by atoms with E-state index in [4.69, 9.17) is 4.74 Å². The first kappa shape index (κ1) is 19.5. The molecule has 0 unspecified atom stereocenters. The summed E-state index contributed by atoms with van der Waals surface area (Å²) in [5.74, 6) is 0.203. The van der Waals surface area contributed by atoms with Crippen molar-refractivity contribution >= 4 is 22.9 Å². The van der Waals surface area contributed by atoms with E-state index in [9.17, 15) is 4.79 Å². The van der Waals surface area contributed by atoms with Crippen LogP contribution in [0.4, 0.5) is 0 Å². The molecule has 1 amide bonds. The number of hydrogen-bond acceptors (Lipinski definition) is 3. The van der Waals surface area contributed by atoms with Crippen LogP contribution < -0.4 is 10.2 Å². The number of benzene rings is 3. The monoisotopic (exact) mass is 397 g/mol. The van der Waals surface area contributed by atoms with Crippen LogP contribution in [-0.2, 0) is 0 Å². The van der Waals surface area contributed by atoms with Gasteiger partial charge in [-0.15, -0.1) is 0 Å². The summed E-state index contributed by atoms with van der Waals surface area (Å²) < 4.78 is 7.57. The molecule has 5 heteroatoms. The Bertz CT molecular complexity index is 1240. The average molecular weight is 397 g/mol. The highest BCUT2D eigenvalue weighted by Gasteiger charge is 2.14. The Labute approximate surface area is 175 Å². The molecule has 1 N–H and O–H groups in total. The number of methoxy groups -OCH3 is 1. The van der Waals surface area contributed by atoms with Crippen LogP contribution in [0.3, 0.4) is 0 Å². The summed E-state index contributed by atoms with van der Waals surface area (Å²) in [6.45, 7) is 4.09. The van der Waals surface area contributed by atoms with Crippen molar-refractivity contribution < 1.29 is 9.53 Å². The molecular formula is C25H23N3O2. The Kier molecular flexibility index (Phi) is 5.35. The van der Waals surface area contributed by atoms with Crippen molar-refractivity contribution in [3.8, 4) is 11.4 Å². The number of ether oxygens (including phenoxy) is 1. The zero-order valence-corrected chi connectivity index (χ0v) is 17.2. The Morgan fingerprint density at radius 1 is 0.967 bits per heavy atom. The third-order valence-electron chi connectivity index (χ3n) is 5.17. The summed E-state index contributed by atoms with van der Waals surface area (Å²) in [5.41, 5.74) is 7.27. The van der Waals surface area contributed by atoms with Crippen molar-refractivity contribution in [3.05, 3.63) is 95.3 Å². The average Bonchev–Trinajstić information content (AvgIpc) is 3.06. The highest BCUT2D eigenvalue weighted by atomic mass is 16.5. The van der Waals surface area contributed by atoms with Crippen LogP contribution in [0.25, 0.3) is 16.5 Å². The van der Waals surface area contributed by atoms with Crippen LogP contribution in [0.1, 0.15) is 27.3 Å². The van der Waals surface area contributed by atoms with Crippen LogP contribution in [0.5, 0.6) is 5.75 Å². The minimum atomic E-state index is -0.314. The van der Waals surface area contributed by atoms with Crippen molar-refractivity contribution in [2.24, 2.45) is 5.10 Å². The molecule has 3 aromatic carbocycles. The van der Waals surface area contributed by atoms with Gasteiger partial charge in [0, 0.05) is 22.6 Å². The lowest BCUT2D eigenvalue weighted by atomic mass is 10.1. The molecule has 0 radical (unpaired) electrons. The smallest absolute Gasteiger partial charge is 0.275 e. The molecule has 0 atom stereocenters. The van der Waals surface area contributed by atoms with E-state index < -0.39 is 0 Å². The molecule has 1 heterocycles. The number of hydrogen-bond donors (Lipinski definition) is 1. The second kappa shape index (κ2) is 8.25. The number of fused-ring (bicyclic) bond motifs is 1. The van der Waals surface area contributed by atoms with E-state index in [1.54, 1.807) is 13.3 Å². The van der Waals surface area contributed by atoms with Gasteiger partial charge in [-0.3, -0.25) is 4.79 Å². The zero-order valence-electron chi connectivity index (χ0n) is 17.2. The Hall–Kier alpha value is -3.86. The quantitative estimate of drug-likeness (QED) is 0.380. The van der Waals surface area contributed by atoms with E-state index in [-0.39, 0.29) is 5.91 Å². The lowest BCUT2D eigenvalue weighted by molar-refractivity contribution is 0.0952. The number of hydrazone groups is 1. The van der Waals surface area contributed by atoms with E-state index in [0.29, 0.717) is 11.3 Å². The van der Waals surface area contributed by atoms with Gasteiger partial charge in [0.25, 0.3) is 5.91 Å². The van der Waals surface area contributed by atoms with Crippen LogP contribution in [-0.4, -0.2) is 23.8 Å². The third kappa shape index (κ3) is 3.70. The number of para-hydroxylation sites is 1. The molecule has 150 valence electrons. The van der Waals surface area contributed by atoms with Gasteiger partial charge in [-0.25, -0.2) is 5.43 Å². The van der Waals surface area contributed by atoms with Gasteiger partial charge in [0.05, 0.1) is 18.9 Å². The number of nitrogens with zero attached hydrogens (tertiary/aromatic N) is 2. The number of nitrogens with one attached hydrogen (secondary N) is 1. The Morgan fingerprint density at radius 3 is 2.33 bits per heavy atom. The molecule has 0 aliphatic heterocycles. The van der Waals surface area contributed by atoms with Crippen LogP contribution >= 0.6 is 0 Å². The fourth-order valence-corrected chi connectivity index (χ4v) is 3.68. The van der Waals surface area contributed by atoms with E-state index in [0.717, 1.165) is 33.4 Å². The van der Waals surface area contributed by atoms with Crippen LogP contribution in [0, 0.1) is 13.8 Å². The van der Waals surface area contributed by atoms with Crippen LogP contribution in [0.15, 0.2) is 77.9 Å². The van der Waals surface area contributed by atoms with Crippen molar-refractivity contribution in [1.29, 1.82) is 0 Å². The lowest BCUT2D eigenvalue weighted by Crippen LogP contribution is -2.18. The predicted molar refractivity (Wildman–Crippen MR) is 121 cm³/mol. The van der Waals surface area contributed by atoms with E-state index in [1.165, 1.54) is 0 Å². The highest BCUT2D eigenvalue weighted by Crippen LogP contribution is 2.26. The number of carbonyl (C=O) groups is 1. The van der Waals surface area contributed by atoms with Crippen molar-refractivity contribution in [2.45, 2.75) is 13.8 Å². The molecule has 30 heavy (non-hydrogen) atoms. The van der Waals surface area contributed by atoms with Gasteiger partial charge in [0.1, 0.15) is 5.75 Å². The zero-order chi connectivity index (χ0) is 21.1. The van der Waals surface area contributed by atoms with Crippen molar-refractivity contribution in [1.82, 2.24) is 9.99 Å². The van der Waals surface area contributed by atoms with E-state index in [1.807, 2.05) is 61.5 Å². The van der Waals surface area contributed by atoms with Gasteiger partial charge >= 0.3 is 0 Å². The topological polar surface area (TPSA) is 55.6 Å². The van der Waals surface area contributed by atoms with Gasteiger partial charge in [0.15, 0.2) is 0 Å². The summed E-state index contributed by atoms with van der Waals surface area (Å²) in [6.07, 6.45) is 1.67. The Morgan fingerprint density at radius 2 is 1.63 bits per heavy atom. The fourth-order valence-electron chi connectivity index (χ4n) is 3.68. The second-order valence-corrected chi connectivity index (χ2v) is 7.10. The molecule has 4 rings (SSSR count). The number of amides is 1. The van der Waals surface area contributed by atoms with E-state index >= 15 is 0 Å². The lowest BCUT2D eigenvalue weighted by Gasteiger charge is -2.09. The summed E-state index contributed by atoms with van der Waals surface area (Å²) in [7, 11) is 1.56. The van der Waals surface area contributed by atoms with Crippen molar-refractivity contribution in [3.63, 3.8) is 0 Å². The van der Waals surface area contributed by atoms with Gasteiger partial charge in [-0.05, 0) is 55.0 Å². The number of aromatic nitrogens is 1. The summed E-state index contributed by atoms with van der Waals surface area (Å²) in [4.78, 5) is 12.7. The third-order valence-corrected chi connectivity index (χ3v) is 5.17. The summed E-state index contributed by atoms with van der Waals surface area (Å²) in [6, 6.07) is 23.7. The SMILES string of the molecule is COc1cc2ccccc2cc1C(=O)N/N=C/c1cc(C)n(-c2ccccc2)c1C. The molecular weight excluding hydrogens is 374 g/mol. The predicted octanol–water partition coefficient (Wildman–Crippen LogP) is 5.02. The summed E-state index contributed by atoms with van der Waals surface area (Å²) in [5, 5.41) is 6.18. The Balaban J connectivity index is 1.57. The maximum atomic E-state index is 12.7. The van der Waals surface area contributed by atoms with Gasteiger partial charge < -0.3 is 9.30 Å². The molecule has 0 bridgehead atoms. The molecule has 5 nitrogen and oxygen atoms in total. The van der Waals surface area contributed by atoms with Crippen molar-refractivity contribution in [2.75, 3.05) is 7.11 Å². The van der Waals surface area contributed by atoms with Crippen LogP contribution in [0.2, 0.25) is 0 Å². The van der Waals surface area contributed by atoms with E-state index in [2.05, 4.69) is 40.2 Å².